The van der Waals surface area contributed by atoms with Crippen LogP contribution in [0.15, 0.2) is 42.7 Å². The molecule has 0 bridgehead atoms. The first-order valence-electron chi connectivity index (χ1n) is 8.75. The Bertz CT molecular complexity index is 939. The van der Waals surface area contributed by atoms with Crippen LogP contribution < -0.4 is 24.8 Å². The molecule has 2 amide bonds. The van der Waals surface area contributed by atoms with Crippen molar-refractivity contribution in [2.24, 2.45) is 0 Å². The molecular weight excluding hydrogens is 417 g/mol. The molecule has 2 aromatic rings. The molecule has 0 saturated heterocycles. The van der Waals surface area contributed by atoms with Crippen LogP contribution in [-0.4, -0.2) is 44.2 Å². The second-order valence-corrected chi connectivity index (χ2v) is 6.35. The molecule has 0 saturated carbocycles. The molecule has 2 rings (SSSR count). The fourth-order valence-corrected chi connectivity index (χ4v) is 2.41. The molecule has 0 aliphatic rings. The summed E-state index contributed by atoms with van der Waals surface area (Å²) in [6, 6.07) is 5.33. The van der Waals surface area contributed by atoms with Gasteiger partial charge in [-0.3, -0.25) is 9.59 Å². The van der Waals surface area contributed by atoms with Gasteiger partial charge in [0, 0.05) is 30.8 Å². The predicted octanol–water partition coefficient (Wildman–Crippen LogP) is 2.72. The van der Waals surface area contributed by atoms with Gasteiger partial charge in [-0.2, -0.15) is 0 Å². The van der Waals surface area contributed by atoms with Gasteiger partial charge in [0.25, 0.3) is 11.8 Å². The van der Waals surface area contributed by atoms with E-state index in [-0.39, 0.29) is 29.6 Å². The second-order valence-electron chi connectivity index (χ2n) is 5.95. The van der Waals surface area contributed by atoms with E-state index in [1.807, 2.05) is 0 Å². The van der Waals surface area contributed by atoms with Crippen LogP contribution in [0.2, 0.25) is 5.02 Å². The lowest BCUT2D eigenvalue weighted by Gasteiger charge is -2.11. The lowest BCUT2D eigenvalue weighted by molar-refractivity contribution is -0.122. The van der Waals surface area contributed by atoms with E-state index in [9.17, 15) is 14.0 Å². The Morgan fingerprint density at radius 2 is 1.93 bits per heavy atom. The molecule has 0 radical (unpaired) electrons. The first-order valence-corrected chi connectivity index (χ1v) is 9.13. The van der Waals surface area contributed by atoms with Crippen LogP contribution in [0, 0.1) is 5.82 Å². The summed E-state index contributed by atoms with van der Waals surface area (Å²) in [4.78, 5) is 28.1. The number of amides is 2. The molecule has 10 heteroatoms. The monoisotopic (exact) mass is 437 g/mol. The van der Waals surface area contributed by atoms with Gasteiger partial charge in [0.15, 0.2) is 18.1 Å². The number of nitrogens with one attached hydrogen (secondary N) is 2. The Kier molecular flexibility index (Phi) is 8.42. The molecular formula is C20H21ClFN3O5. The molecule has 0 spiro atoms. The number of aromatic nitrogens is 1. The summed E-state index contributed by atoms with van der Waals surface area (Å²) in [6.45, 7) is 3.61. The summed E-state index contributed by atoms with van der Waals surface area (Å²) in [5.41, 5.74) is 0.539. The van der Waals surface area contributed by atoms with Gasteiger partial charge < -0.3 is 24.8 Å². The number of carbonyl (C=O) groups excluding carboxylic acids is 2. The van der Waals surface area contributed by atoms with Crippen molar-refractivity contribution in [3.05, 3.63) is 59.3 Å². The van der Waals surface area contributed by atoms with E-state index < -0.39 is 17.6 Å². The predicted molar refractivity (Wildman–Crippen MR) is 108 cm³/mol. The van der Waals surface area contributed by atoms with Crippen molar-refractivity contribution >= 4 is 23.4 Å². The second kappa shape index (κ2) is 11.0. The van der Waals surface area contributed by atoms with Crippen molar-refractivity contribution in [2.45, 2.75) is 6.42 Å². The van der Waals surface area contributed by atoms with Crippen LogP contribution in [0.4, 0.5) is 4.39 Å². The quantitative estimate of drug-likeness (QED) is 0.593. The Morgan fingerprint density at radius 3 is 2.60 bits per heavy atom. The third kappa shape index (κ3) is 6.63. The van der Waals surface area contributed by atoms with Crippen molar-refractivity contribution in [1.82, 2.24) is 15.6 Å². The van der Waals surface area contributed by atoms with Gasteiger partial charge >= 0.3 is 0 Å². The maximum atomic E-state index is 13.3. The van der Waals surface area contributed by atoms with Crippen molar-refractivity contribution in [3.63, 3.8) is 0 Å². The molecule has 1 heterocycles. The van der Waals surface area contributed by atoms with Crippen molar-refractivity contribution in [2.75, 3.05) is 27.4 Å². The molecule has 2 N–H and O–H groups in total. The minimum absolute atomic E-state index is 0.0366. The molecule has 8 nitrogen and oxygen atoms in total. The van der Waals surface area contributed by atoms with Crippen LogP contribution in [-0.2, 0) is 4.79 Å². The number of hydrogen-bond donors (Lipinski definition) is 2. The fourth-order valence-electron chi connectivity index (χ4n) is 2.29. The summed E-state index contributed by atoms with van der Waals surface area (Å²) in [6.07, 6.45) is 1.68. The third-order valence-corrected chi connectivity index (χ3v) is 4.10. The maximum Gasteiger partial charge on any atom is 0.270 e. The highest BCUT2D eigenvalue weighted by molar-refractivity contribution is 6.30. The molecule has 160 valence electrons. The Hall–Kier alpha value is -3.33. The highest BCUT2D eigenvalue weighted by Gasteiger charge is 2.12. The lowest BCUT2D eigenvalue weighted by atomic mass is 10.3. The molecule has 0 atom stereocenters. The van der Waals surface area contributed by atoms with E-state index in [1.165, 1.54) is 38.6 Å². The van der Waals surface area contributed by atoms with Crippen LogP contribution in [0.3, 0.4) is 0 Å². The molecule has 0 aliphatic carbocycles. The SMILES string of the molecule is C=C(CCNC(=O)c1cc(OC)c(OC)cn1)NC(=O)COc1ccc(Cl)c(F)c1. The van der Waals surface area contributed by atoms with Crippen molar-refractivity contribution in [1.29, 1.82) is 0 Å². The number of halogens is 2. The normalized spacial score (nSPS) is 10.1. The van der Waals surface area contributed by atoms with Crippen LogP contribution >= 0.6 is 11.6 Å². The van der Waals surface area contributed by atoms with E-state index in [1.54, 1.807) is 0 Å². The third-order valence-electron chi connectivity index (χ3n) is 3.79. The highest BCUT2D eigenvalue weighted by Crippen LogP contribution is 2.25. The van der Waals surface area contributed by atoms with Crippen LogP contribution in [0.5, 0.6) is 17.2 Å². The zero-order chi connectivity index (χ0) is 22.1. The molecule has 0 unspecified atom stereocenters. The fraction of sp³-hybridized carbons (Fsp3) is 0.250. The number of benzene rings is 1. The van der Waals surface area contributed by atoms with E-state index in [4.69, 9.17) is 25.8 Å². The largest absolute Gasteiger partial charge is 0.493 e. The number of ether oxygens (including phenoxy) is 3. The van der Waals surface area contributed by atoms with Gasteiger partial charge in [-0.05, 0) is 12.1 Å². The summed E-state index contributed by atoms with van der Waals surface area (Å²) < 4.78 is 28.7. The van der Waals surface area contributed by atoms with E-state index in [0.717, 1.165) is 6.07 Å². The Morgan fingerprint density at radius 1 is 1.20 bits per heavy atom. The minimum Gasteiger partial charge on any atom is -0.493 e. The number of hydrogen-bond acceptors (Lipinski definition) is 6. The van der Waals surface area contributed by atoms with E-state index in [2.05, 4.69) is 22.2 Å². The highest BCUT2D eigenvalue weighted by atomic mass is 35.5. The smallest absolute Gasteiger partial charge is 0.270 e. The average molecular weight is 438 g/mol. The molecule has 0 aliphatic heterocycles. The number of methoxy groups -OCH3 is 2. The summed E-state index contributed by atoms with van der Waals surface area (Å²) in [5.74, 6) is -0.555. The van der Waals surface area contributed by atoms with Gasteiger partial charge in [-0.15, -0.1) is 0 Å². The number of pyridine rings is 1. The van der Waals surface area contributed by atoms with Crippen molar-refractivity contribution < 1.29 is 28.2 Å². The van der Waals surface area contributed by atoms with Crippen LogP contribution in [0.25, 0.3) is 0 Å². The van der Waals surface area contributed by atoms with Crippen molar-refractivity contribution in [3.8, 4) is 17.2 Å². The molecule has 0 fully saturated rings. The van der Waals surface area contributed by atoms with Gasteiger partial charge in [0.05, 0.1) is 25.4 Å². The number of carbonyl (C=O) groups is 2. The van der Waals surface area contributed by atoms with Crippen LogP contribution in [0.1, 0.15) is 16.9 Å². The van der Waals surface area contributed by atoms with Gasteiger partial charge in [0.2, 0.25) is 0 Å². The number of rotatable bonds is 10. The first kappa shape index (κ1) is 23.0. The zero-order valence-electron chi connectivity index (χ0n) is 16.5. The minimum atomic E-state index is -0.640. The Balaban J connectivity index is 1.74. The molecule has 30 heavy (non-hydrogen) atoms. The molecule has 1 aromatic carbocycles. The van der Waals surface area contributed by atoms with Gasteiger partial charge in [-0.25, -0.2) is 9.37 Å². The first-order chi connectivity index (χ1) is 14.3. The van der Waals surface area contributed by atoms with E-state index in [0.29, 0.717) is 23.6 Å². The summed E-state index contributed by atoms with van der Waals surface area (Å²) >= 11 is 5.58. The summed E-state index contributed by atoms with van der Waals surface area (Å²) in [7, 11) is 2.93. The zero-order valence-corrected chi connectivity index (χ0v) is 17.2. The lowest BCUT2D eigenvalue weighted by Crippen LogP contribution is -2.31. The Labute approximate surface area is 178 Å². The standard InChI is InChI=1S/C20H21ClFN3O5/c1-12(25-19(26)11-30-13-4-5-14(21)15(22)8-13)6-7-23-20(27)16-9-17(28-2)18(29-3)10-24-16/h4-5,8-10H,1,6-7,11H2,2-3H3,(H,23,27)(H,25,26). The van der Waals surface area contributed by atoms with E-state index >= 15 is 0 Å². The average Bonchev–Trinajstić information content (AvgIpc) is 2.73. The number of nitrogens with zero attached hydrogens (tertiary/aromatic N) is 1. The molecule has 1 aromatic heterocycles. The maximum absolute atomic E-state index is 13.3. The van der Waals surface area contributed by atoms with Gasteiger partial charge in [0.1, 0.15) is 17.3 Å². The summed E-state index contributed by atoms with van der Waals surface area (Å²) in [5, 5.41) is 5.17. The van der Waals surface area contributed by atoms with Gasteiger partial charge in [-0.1, -0.05) is 18.2 Å². The topological polar surface area (TPSA) is 98.8 Å².